The van der Waals surface area contributed by atoms with Crippen molar-refractivity contribution >= 4 is 63.4 Å². The van der Waals surface area contributed by atoms with E-state index in [4.69, 9.17) is 28.2 Å². The number of nitrogens with one attached hydrogen (secondary N) is 2. The molecule has 0 atom stereocenters. The van der Waals surface area contributed by atoms with Gasteiger partial charge in [-0.3, -0.25) is 20.2 Å². The number of carbonyl (C=O) groups is 1. The maximum Gasteiger partial charge on any atom is 0.270 e. The highest BCUT2D eigenvalue weighted by Gasteiger charge is 2.13. The van der Waals surface area contributed by atoms with E-state index >= 15 is 0 Å². The van der Waals surface area contributed by atoms with Crippen LogP contribution in [0.1, 0.15) is 5.56 Å². The number of nitro benzene ring substituents is 1. The Morgan fingerprint density at radius 1 is 1.12 bits per heavy atom. The SMILES string of the molecule is O=C(/C=C/c1cccc([N+](=O)[O-])c1)NC(=S)Nc1ccc(Cl)c(-c2nc3ccccc3o2)c1. The van der Waals surface area contributed by atoms with Crippen molar-refractivity contribution in [3.8, 4) is 11.5 Å². The molecule has 0 saturated heterocycles. The second-order valence-electron chi connectivity index (χ2n) is 6.81. The van der Waals surface area contributed by atoms with Gasteiger partial charge in [-0.15, -0.1) is 0 Å². The van der Waals surface area contributed by atoms with Crippen molar-refractivity contribution in [2.75, 3.05) is 5.32 Å². The Morgan fingerprint density at radius 2 is 1.94 bits per heavy atom. The van der Waals surface area contributed by atoms with Crippen LogP contribution in [-0.4, -0.2) is 20.9 Å². The number of halogens is 1. The van der Waals surface area contributed by atoms with Crippen LogP contribution in [0.5, 0.6) is 0 Å². The topological polar surface area (TPSA) is 110 Å². The molecule has 8 nitrogen and oxygen atoms in total. The third kappa shape index (κ3) is 5.40. The first-order valence-electron chi connectivity index (χ1n) is 9.59. The number of thiocarbonyl (C=S) groups is 1. The average molecular weight is 479 g/mol. The Morgan fingerprint density at radius 3 is 2.73 bits per heavy atom. The van der Waals surface area contributed by atoms with Gasteiger partial charge in [0, 0.05) is 23.9 Å². The summed E-state index contributed by atoms with van der Waals surface area (Å²) in [5, 5.41) is 16.8. The summed E-state index contributed by atoms with van der Waals surface area (Å²) in [5.41, 5.74) is 2.94. The summed E-state index contributed by atoms with van der Waals surface area (Å²) in [4.78, 5) is 27.0. The molecule has 4 rings (SSSR count). The van der Waals surface area contributed by atoms with Gasteiger partial charge in [-0.1, -0.05) is 35.9 Å². The van der Waals surface area contributed by atoms with Crippen LogP contribution in [0.2, 0.25) is 5.02 Å². The third-order valence-electron chi connectivity index (χ3n) is 4.49. The average Bonchev–Trinajstić information content (AvgIpc) is 3.23. The first kappa shape index (κ1) is 22.1. The number of aromatic nitrogens is 1. The number of hydrogen-bond donors (Lipinski definition) is 2. The summed E-state index contributed by atoms with van der Waals surface area (Å²) in [5.74, 6) is -0.133. The van der Waals surface area contributed by atoms with Crippen LogP contribution in [-0.2, 0) is 4.79 Å². The number of oxazole rings is 1. The lowest BCUT2D eigenvalue weighted by Gasteiger charge is -2.10. The van der Waals surface area contributed by atoms with E-state index in [0.29, 0.717) is 38.8 Å². The Bertz CT molecular complexity index is 1380. The second-order valence-corrected chi connectivity index (χ2v) is 7.63. The van der Waals surface area contributed by atoms with Crippen LogP contribution < -0.4 is 10.6 Å². The van der Waals surface area contributed by atoms with Gasteiger partial charge >= 0.3 is 0 Å². The van der Waals surface area contributed by atoms with Crippen LogP contribution in [0.15, 0.2) is 77.2 Å². The highest BCUT2D eigenvalue weighted by atomic mass is 35.5. The van der Waals surface area contributed by atoms with Gasteiger partial charge in [0.2, 0.25) is 11.8 Å². The van der Waals surface area contributed by atoms with Crippen molar-refractivity contribution in [1.29, 1.82) is 0 Å². The van der Waals surface area contributed by atoms with E-state index in [1.807, 2.05) is 24.3 Å². The fourth-order valence-corrected chi connectivity index (χ4v) is 3.40. The molecule has 0 aliphatic rings. The first-order valence-corrected chi connectivity index (χ1v) is 10.4. The Hall–Kier alpha value is -4.08. The van der Waals surface area contributed by atoms with Gasteiger partial charge in [0.05, 0.1) is 15.5 Å². The number of anilines is 1. The van der Waals surface area contributed by atoms with Crippen molar-refractivity contribution in [2.24, 2.45) is 0 Å². The number of non-ortho nitro benzene ring substituents is 1. The monoisotopic (exact) mass is 478 g/mol. The van der Waals surface area contributed by atoms with Crippen molar-refractivity contribution in [3.63, 3.8) is 0 Å². The second kappa shape index (κ2) is 9.60. The molecule has 0 aliphatic heterocycles. The van der Waals surface area contributed by atoms with Crippen LogP contribution in [0.25, 0.3) is 28.6 Å². The molecule has 0 aliphatic carbocycles. The van der Waals surface area contributed by atoms with E-state index in [-0.39, 0.29) is 10.8 Å². The van der Waals surface area contributed by atoms with Crippen LogP contribution >= 0.6 is 23.8 Å². The molecule has 0 spiro atoms. The zero-order valence-electron chi connectivity index (χ0n) is 16.8. The van der Waals surface area contributed by atoms with E-state index in [1.165, 1.54) is 30.4 Å². The Kier molecular flexibility index (Phi) is 6.43. The molecule has 3 aromatic carbocycles. The van der Waals surface area contributed by atoms with Gasteiger partial charge in [0.25, 0.3) is 5.69 Å². The molecule has 164 valence electrons. The number of hydrogen-bond acceptors (Lipinski definition) is 6. The van der Waals surface area contributed by atoms with Crippen molar-refractivity contribution in [1.82, 2.24) is 10.3 Å². The van der Waals surface area contributed by atoms with Crippen molar-refractivity contribution in [2.45, 2.75) is 0 Å². The summed E-state index contributed by atoms with van der Waals surface area (Å²) >= 11 is 11.5. The van der Waals surface area contributed by atoms with Crippen LogP contribution in [0, 0.1) is 10.1 Å². The molecule has 1 heterocycles. The van der Waals surface area contributed by atoms with Gasteiger partial charge in [-0.2, -0.15) is 0 Å². The molecular formula is C23H15ClN4O4S. The zero-order valence-corrected chi connectivity index (χ0v) is 18.4. The number of para-hydroxylation sites is 2. The lowest BCUT2D eigenvalue weighted by atomic mass is 10.2. The Labute approximate surface area is 198 Å². The van der Waals surface area contributed by atoms with E-state index in [9.17, 15) is 14.9 Å². The van der Waals surface area contributed by atoms with E-state index < -0.39 is 10.8 Å². The molecule has 4 aromatic rings. The van der Waals surface area contributed by atoms with E-state index in [0.717, 1.165) is 0 Å². The molecule has 2 N–H and O–H groups in total. The standard InChI is InChI=1S/C23H15ClN4O4S/c24-18-10-9-15(13-17(18)22-26-19-6-1-2-7-20(19)32-22)25-23(33)27-21(29)11-8-14-4-3-5-16(12-14)28(30)31/h1-13H,(H2,25,27,29,33)/b11-8+. The molecule has 0 radical (unpaired) electrons. The van der Waals surface area contributed by atoms with Gasteiger partial charge in [0.15, 0.2) is 10.7 Å². The normalized spacial score (nSPS) is 10.9. The molecule has 0 unspecified atom stereocenters. The van der Waals surface area contributed by atoms with E-state index in [1.54, 1.807) is 24.3 Å². The number of nitro groups is 1. The minimum Gasteiger partial charge on any atom is -0.436 e. The maximum absolute atomic E-state index is 12.2. The zero-order chi connectivity index (χ0) is 23.4. The summed E-state index contributed by atoms with van der Waals surface area (Å²) in [6, 6.07) is 18.4. The predicted octanol–water partition coefficient (Wildman–Crippen LogP) is 5.58. The van der Waals surface area contributed by atoms with Gasteiger partial charge in [0.1, 0.15) is 5.52 Å². The molecule has 0 fully saturated rings. The fourth-order valence-electron chi connectivity index (χ4n) is 2.98. The number of amides is 1. The molecule has 33 heavy (non-hydrogen) atoms. The molecule has 1 aromatic heterocycles. The van der Waals surface area contributed by atoms with Gasteiger partial charge < -0.3 is 9.73 Å². The van der Waals surface area contributed by atoms with Crippen LogP contribution in [0.3, 0.4) is 0 Å². The maximum atomic E-state index is 12.2. The van der Waals surface area contributed by atoms with Gasteiger partial charge in [-0.05, 0) is 54.2 Å². The minimum atomic E-state index is -0.502. The van der Waals surface area contributed by atoms with Gasteiger partial charge in [-0.25, -0.2) is 4.98 Å². The van der Waals surface area contributed by atoms with Crippen molar-refractivity contribution < 1.29 is 14.1 Å². The predicted molar refractivity (Wildman–Crippen MR) is 131 cm³/mol. The molecule has 10 heteroatoms. The smallest absolute Gasteiger partial charge is 0.270 e. The summed E-state index contributed by atoms with van der Waals surface area (Å²) < 4.78 is 5.78. The summed E-state index contributed by atoms with van der Waals surface area (Å²) in [6.07, 6.45) is 2.69. The van der Waals surface area contributed by atoms with E-state index in [2.05, 4.69) is 15.6 Å². The first-order chi connectivity index (χ1) is 15.9. The number of rotatable bonds is 5. The molecular weight excluding hydrogens is 464 g/mol. The number of nitrogens with zero attached hydrogens (tertiary/aromatic N) is 2. The fraction of sp³-hybridized carbons (Fsp3) is 0. The summed E-state index contributed by atoms with van der Waals surface area (Å²) in [6.45, 7) is 0. The van der Waals surface area contributed by atoms with Crippen LogP contribution in [0.4, 0.5) is 11.4 Å². The third-order valence-corrected chi connectivity index (χ3v) is 5.03. The highest BCUT2D eigenvalue weighted by molar-refractivity contribution is 7.80. The summed E-state index contributed by atoms with van der Waals surface area (Å²) in [7, 11) is 0. The highest BCUT2D eigenvalue weighted by Crippen LogP contribution is 2.32. The number of carbonyl (C=O) groups excluding carboxylic acids is 1. The number of fused-ring (bicyclic) bond motifs is 1. The number of benzene rings is 3. The lowest BCUT2D eigenvalue weighted by molar-refractivity contribution is -0.384. The van der Waals surface area contributed by atoms with Crippen molar-refractivity contribution in [3.05, 3.63) is 93.5 Å². The lowest BCUT2D eigenvalue weighted by Crippen LogP contribution is -2.32. The minimum absolute atomic E-state index is 0.0627. The quantitative estimate of drug-likeness (QED) is 0.167. The molecule has 0 bridgehead atoms. The molecule has 1 amide bonds. The molecule has 0 saturated carbocycles. The largest absolute Gasteiger partial charge is 0.436 e. The Balaban J connectivity index is 1.43.